The van der Waals surface area contributed by atoms with Gasteiger partial charge in [0.15, 0.2) is 10.7 Å². The Labute approximate surface area is 167 Å². The maximum atomic E-state index is 13.8. The van der Waals surface area contributed by atoms with Crippen LogP contribution in [0, 0.1) is 11.6 Å². The zero-order chi connectivity index (χ0) is 20.4. The molecule has 2 heterocycles. The van der Waals surface area contributed by atoms with Gasteiger partial charge in [0, 0.05) is 24.3 Å². The second-order valence-corrected chi connectivity index (χ2v) is 8.32. The molecule has 0 aliphatic carbocycles. The molecule has 2 aromatic carbocycles. The van der Waals surface area contributed by atoms with E-state index in [4.69, 9.17) is 0 Å². The van der Waals surface area contributed by atoms with E-state index in [1.54, 1.807) is 12.1 Å². The molecular formula is C20H18F2N4O2S. The van der Waals surface area contributed by atoms with Crippen molar-refractivity contribution >= 4 is 21.5 Å². The molecule has 3 aromatic rings. The van der Waals surface area contributed by atoms with Gasteiger partial charge in [-0.2, -0.15) is 0 Å². The highest BCUT2D eigenvalue weighted by molar-refractivity contribution is 7.92. The van der Waals surface area contributed by atoms with E-state index in [1.807, 2.05) is 12.1 Å². The van der Waals surface area contributed by atoms with Gasteiger partial charge >= 0.3 is 0 Å². The maximum absolute atomic E-state index is 13.8. The van der Waals surface area contributed by atoms with Crippen molar-refractivity contribution in [2.45, 2.75) is 17.7 Å². The van der Waals surface area contributed by atoms with E-state index in [9.17, 15) is 17.2 Å². The molecule has 0 bridgehead atoms. The average molecular weight is 416 g/mol. The molecule has 0 radical (unpaired) electrons. The second-order valence-electron chi connectivity index (χ2n) is 6.70. The van der Waals surface area contributed by atoms with Gasteiger partial charge in [-0.15, -0.1) is 10.2 Å². The zero-order valence-corrected chi connectivity index (χ0v) is 16.2. The van der Waals surface area contributed by atoms with Crippen LogP contribution < -0.4 is 9.62 Å². The van der Waals surface area contributed by atoms with Crippen molar-refractivity contribution in [2.24, 2.45) is 0 Å². The summed E-state index contributed by atoms with van der Waals surface area (Å²) in [5.41, 5.74) is 1.56. The van der Waals surface area contributed by atoms with Gasteiger partial charge in [0.1, 0.15) is 11.6 Å². The Balaban J connectivity index is 1.52. The molecule has 29 heavy (non-hydrogen) atoms. The monoisotopic (exact) mass is 416 g/mol. The first-order chi connectivity index (χ1) is 13.9. The lowest BCUT2D eigenvalue weighted by Crippen LogP contribution is -2.19. The fourth-order valence-corrected chi connectivity index (χ4v) is 4.45. The molecule has 0 atom stereocenters. The number of hydrogen-bond donors (Lipinski definition) is 1. The van der Waals surface area contributed by atoms with Crippen LogP contribution >= 0.6 is 0 Å². The van der Waals surface area contributed by atoms with Crippen LogP contribution in [0.5, 0.6) is 0 Å². The summed E-state index contributed by atoms with van der Waals surface area (Å²) < 4.78 is 54.5. The van der Waals surface area contributed by atoms with Gasteiger partial charge in [0.2, 0.25) is 0 Å². The fraction of sp³-hybridized carbons (Fsp3) is 0.200. The van der Waals surface area contributed by atoms with E-state index in [1.165, 1.54) is 12.1 Å². The Morgan fingerprint density at radius 1 is 0.862 bits per heavy atom. The zero-order valence-electron chi connectivity index (χ0n) is 15.3. The molecule has 0 spiro atoms. The minimum Gasteiger partial charge on any atom is -0.355 e. The van der Waals surface area contributed by atoms with Gasteiger partial charge in [0.05, 0.1) is 5.69 Å². The summed E-state index contributed by atoms with van der Waals surface area (Å²) in [6.07, 6.45) is 2.30. The molecule has 0 amide bonds. The van der Waals surface area contributed by atoms with Crippen molar-refractivity contribution in [3.8, 4) is 11.3 Å². The van der Waals surface area contributed by atoms with Gasteiger partial charge < -0.3 is 4.90 Å². The third kappa shape index (κ3) is 4.04. The molecule has 4 rings (SSSR count). The summed E-state index contributed by atoms with van der Waals surface area (Å²) in [6.45, 7) is 1.96. The number of halogens is 2. The smallest absolute Gasteiger partial charge is 0.267 e. The highest BCUT2D eigenvalue weighted by Crippen LogP contribution is 2.25. The molecule has 0 unspecified atom stereocenters. The molecule has 9 heteroatoms. The van der Waals surface area contributed by atoms with Crippen molar-refractivity contribution in [3.05, 3.63) is 66.2 Å². The molecule has 150 valence electrons. The van der Waals surface area contributed by atoms with Crippen LogP contribution in [0.4, 0.5) is 20.3 Å². The Morgan fingerprint density at radius 2 is 1.52 bits per heavy atom. The first kappa shape index (κ1) is 19.3. The first-order valence-corrected chi connectivity index (χ1v) is 10.6. The van der Waals surface area contributed by atoms with Crippen LogP contribution in [0.1, 0.15) is 12.8 Å². The van der Waals surface area contributed by atoms with Gasteiger partial charge in [0.25, 0.3) is 10.0 Å². The SMILES string of the molecule is O=S(=O)(Nc1ccc(-c2ccc(N3CCCC3)nn2)cc1)c1c(F)cccc1F. The van der Waals surface area contributed by atoms with E-state index in [0.717, 1.165) is 55.5 Å². The van der Waals surface area contributed by atoms with E-state index < -0.39 is 26.6 Å². The summed E-state index contributed by atoms with van der Waals surface area (Å²) in [5, 5.41) is 8.50. The van der Waals surface area contributed by atoms with Crippen molar-refractivity contribution < 1.29 is 17.2 Å². The maximum Gasteiger partial charge on any atom is 0.267 e. The third-order valence-corrected chi connectivity index (χ3v) is 6.13. The predicted octanol–water partition coefficient (Wildman–Crippen LogP) is 3.82. The Morgan fingerprint density at radius 3 is 2.10 bits per heavy atom. The van der Waals surface area contributed by atoms with Crippen LogP contribution in [0.2, 0.25) is 0 Å². The summed E-state index contributed by atoms with van der Waals surface area (Å²) in [5.74, 6) is -1.47. The van der Waals surface area contributed by atoms with Crippen LogP contribution in [0.15, 0.2) is 59.5 Å². The van der Waals surface area contributed by atoms with Crippen LogP contribution in [-0.2, 0) is 10.0 Å². The topological polar surface area (TPSA) is 75.2 Å². The lowest BCUT2D eigenvalue weighted by molar-refractivity contribution is 0.521. The van der Waals surface area contributed by atoms with Crippen molar-refractivity contribution in [3.63, 3.8) is 0 Å². The molecule has 1 saturated heterocycles. The summed E-state index contributed by atoms with van der Waals surface area (Å²) in [7, 11) is -4.40. The molecule has 6 nitrogen and oxygen atoms in total. The number of anilines is 2. The van der Waals surface area contributed by atoms with E-state index in [0.29, 0.717) is 5.69 Å². The van der Waals surface area contributed by atoms with Gasteiger partial charge in [-0.25, -0.2) is 17.2 Å². The largest absolute Gasteiger partial charge is 0.355 e. The van der Waals surface area contributed by atoms with Gasteiger partial charge in [-0.3, -0.25) is 4.72 Å². The minimum atomic E-state index is -4.40. The molecule has 1 aliphatic rings. The Bertz CT molecular complexity index is 1090. The quantitative estimate of drug-likeness (QED) is 0.684. The number of nitrogens with one attached hydrogen (secondary N) is 1. The Kier molecular flexibility index (Phi) is 5.14. The van der Waals surface area contributed by atoms with Crippen LogP contribution in [0.3, 0.4) is 0 Å². The molecule has 1 fully saturated rings. The number of aromatic nitrogens is 2. The van der Waals surface area contributed by atoms with Gasteiger partial charge in [-0.1, -0.05) is 18.2 Å². The van der Waals surface area contributed by atoms with Crippen LogP contribution in [-0.4, -0.2) is 31.7 Å². The van der Waals surface area contributed by atoms with E-state index in [2.05, 4.69) is 19.8 Å². The minimum absolute atomic E-state index is 0.179. The first-order valence-electron chi connectivity index (χ1n) is 9.10. The molecule has 0 saturated carbocycles. The summed E-state index contributed by atoms with van der Waals surface area (Å²) >= 11 is 0. The lowest BCUT2D eigenvalue weighted by Gasteiger charge is -2.15. The van der Waals surface area contributed by atoms with Crippen molar-refractivity contribution in [1.82, 2.24) is 10.2 Å². The number of nitrogens with zero attached hydrogens (tertiary/aromatic N) is 3. The standard InChI is InChI=1S/C20H18F2N4O2S/c21-16-4-3-5-17(22)20(16)29(27,28)25-15-8-6-14(7-9-15)18-10-11-19(24-23-18)26-12-1-2-13-26/h3-11,25H,1-2,12-13H2. The summed E-state index contributed by atoms with van der Waals surface area (Å²) in [4.78, 5) is 1.17. The number of rotatable bonds is 5. The second kappa shape index (κ2) is 7.75. The Hall–Kier alpha value is -3.07. The number of sulfonamides is 1. The normalized spacial score (nSPS) is 14.2. The fourth-order valence-electron chi connectivity index (χ4n) is 3.25. The molecule has 1 N–H and O–H groups in total. The van der Waals surface area contributed by atoms with Crippen LogP contribution in [0.25, 0.3) is 11.3 Å². The molecule has 1 aliphatic heterocycles. The highest BCUT2D eigenvalue weighted by Gasteiger charge is 2.23. The number of hydrogen-bond acceptors (Lipinski definition) is 5. The number of benzene rings is 2. The van der Waals surface area contributed by atoms with E-state index >= 15 is 0 Å². The molecule has 1 aromatic heterocycles. The van der Waals surface area contributed by atoms with E-state index in [-0.39, 0.29) is 5.69 Å². The predicted molar refractivity (Wildman–Crippen MR) is 106 cm³/mol. The lowest BCUT2D eigenvalue weighted by atomic mass is 10.1. The van der Waals surface area contributed by atoms with Crippen molar-refractivity contribution in [2.75, 3.05) is 22.7 Å². The van der Waals surface area contributed by atoms with Gasteiger partial charge in [-0.05, 0) is 49.2 Å². The average Bonchev–Trinajstić information content (AvgIpc) is 3.23. The third-order valence-electron chi connectivity index (χ3n) is 4.70. The highest BCUT2D eigenvalue weighted by atomic mass is 32.2. The molecular weight excluding hydrogens is 398 g/mol. The van der Waals surface area contributed by atoms with Crippen molar-refractivity contribution in [1.29, 1.82) is 0 Å². The summed E-state index contributed by atoms with van der Waals surface area (Å²) in [6, 6.07) is 13.0.